The van der Waals surface area contributed by atoms with Gasteiger partial charge < -0.3 is 18.9 Å². The average molecular weight is 389 g/mol. The summed E-state index contributed by atoms with van der Waals surface area (Å²) in [5.74, 6) is 1.14. The monoisotopic (exact) mass is 389 g/mol. The first kappa shape index (κ1) is 21.0. The van der Waals surface area contributed by atoms with Crippen molar-refractivity contribution in [2.45, 2.75) is 19.8 Å². The molecule has 0 aliphatic heterocycles. The molecule has 0 spiro atoms. The third-order valence-corrected chi connectivity index (χ3v) is 3.59. The molecule has 0 heterocycles. The molecular weight excluding hydrogens is 366 g/mol. The summed E-state index contributed by atoms with van der Waals surface area (Å²) in [6.45, 7) is 2.67. The van der Waals surface area contributed by atoms with Crippen LogP contribution in [0.5, 0.6) is 17.2 Å². The number of ether oxygens (including phenoxy) is 4. The number of carbonyl (C=O) groups excluding carboxylic acids is 1. The Hall–Kier alpha value is -3.29. The Morgan fingerprint density at radius 1 is 0.929 bits per heavy atom. The van der Waals surface area contributed by atoms with Crippen molar-refractivity contribution in [3.63, 3.8) is 0 Å². The Balaban J connectivity index is 1.64. The van der Waals surface area contributed by atoms with Crippen LogP contribution in [0.4, 0.5) is 5.69 Å². The number of esters is 1. The van der Waals surface area contributed by atoms with Crippen molar-refractivity contribution in [2.75, 3.05) is 26.4 Å². The zero-order chi connectivity index (χ0) is 20.2. The number of nitro benzene ring substituents is 1. The van der Waals surface area contributed by atoms with E-state index in [1.54, 1.807) is 18.2 Å². The number of carbonyl (C=O) groups is 1. The SMILES string of the molecule is CCCCOc1cccc(OCC(=O)OCCOc2ccc([N+](=O)[O-])cc2)c1. The largest absolute Gasteiger partial charge is 0.493 e. The molecule has 150 valence electrons. The summed E-state index contributed by atoms with van der Waals surface area (Å²) >= 11 is 0. The van der Waals surface area contributed by atoms with Gasteiger partial charge in [0.2, 0.25) is 0 Å². The van der Waals surface area contributed by atoms with Gasteiger partial charge in [0.1, 0.15) is 30.5 Å². The lowest BCUT2D eigenvalue weighted by Crippen LogP contribution is -2.18. The van der Waals surface area contributed by atoms with Crippen molar-refractivity contribution in [1.82, 2.24) is 0 Å². The zero-order valence-electron chi connectivity index (χ0n) is 15.7. The minimum atomic E-state index is -0.524. The maximum atomic E-state index is 11.7. The Bertz CT molecular complexity index is 761. The molecule has 0 amide bonds. The van der Waals surface area contributed by atoms with Crippen LogP contribution < -0.4 is 14.2 Å². The molecule has 0 aromatic heterocycles. The van der Waals surface area contributed by atoms with Gasteiger partial charge in [-0.3, -0.25) is 10.1 Å². The first-order valence-electron chi connectivity index (χ1n) is 8.97. The highest BCUT2D eigenvalue weighted by atomic mass is 16.6. The van der Waals surface area contributed by atoms with Crippen LogP contribution in [-0.4, -0.2) is 37.3 Å². The van der Waals surface area contributed by atoms with Gasteiger partial charge in [-0.15, -0.1) is 0 Å². The van der Waals surface area contributed by atoms with E-state index < -0.39 is 10.9 Å². The number of rotatable bonds is 12. The Morgan fingerprint density at radius 2 is 1.61 bits per heavy atom. The zero-order valence-corrected chi connectivity index (χ0v) is 15.7. The van der Waals surface area contributed by atoms with Gasteiger partial charge in [-0.05, 0) is 30.7 Å². The average Bonchev–Trinajstić information content (AvgIpc) is 2.70. The van der Waals surface area contributed by atoms with Gasteiger partial charge in [-0.2, -0.15) is 0 Å². The second kappa shape index (κ2) is 11.4. The number of benzene rings is 2. The predicted octanol–water partition coefficient (Wildman–Crippen LogP) is 3.77. The van der Waals surface area contributed by atoms with Crippen molar-refractivity contribution < 1.29 is 28.7 Å². The second-order valence-corrected chi connectivity index (χ2v) is 5.79. The molecule has 0 saturated heterocycles. The lowest BCUT2D eigenvalue weighted by atomic mass is 10.3. The summed E-state index contributed by atoms with van der Waals surface area (Å²) in [6.07, 6.45) is 2.02. The fraction of sp³-hybridized carbons (Fsp3) is 0.350. The summed E-state index contributed by atoms with van der Waals surface area (Å²) in [6, 6.07) is 12.7. The third-order valence-electron chi connectivity index (χ3n) is 3.59. The highest BCUT2D eigenvalue weighted by Gasteiger charge is 2.07. The van der Waals surface area contributed by atoms with E-state index in [4.69, 9.17) is 18.9 Å². The van der Waals surface area contributed by atoms with Gasteiger partial charge in [0.05, 0.1) is 11.5 Å². The fourth-order valence-corrected chi connectivity index (χ4v) is 2.15. The van der Waals surface area contributed by atoms with Crippen molar-refractivity contribution in [1.29, 1.82) is 0 Å². The molecule has 2 aromatic rings. The molecule has 0 atom stereocenters. The van der Waals surface area contributed by atoms with E-state index in [0.717, 1.165) is 12.8 Å². The first-order chi connectivity index (χ1) is 13.6. The van der Waals surface area contributed by atoms with Crippen LogP contribution in [0.25, 0.3) is 0 Å². The molecule has 0 unspecified atom stereocenters. The highest BCUT2D eigenvalue weighted by molar-refractivity contribution is 5.71. The third kappa shape index (κ3) is 7.53. The summed E-state index contributed by atoms with van der Waals surface area (Å²) in [7, 11) is 0. The van der Waals surface area contributed by atoms with Crippen molar-refractivity contribution in [2.24, 2.45) is 0 Å². The molecule has 0 aliphatic carbocycles. The molecule has 2 aromatic carbocycles. The van der Waals surface area contributed by atoms with Crippen molar-refractivity contribution >= 4 is 11.7 Å². The number of nitro groups is 1. The van der Waals surface area contributed by atoms with Crippen molar-refractivity contribution in [3.05, 3.63) is 58.6 Å². The summed E-state index contributed by atoms with van der Waals surface area (Å²) in [4.78, 5) is 21.8. The fourth-order valence-electron chi connectivity index (χ4n) is 2.15. The van der Waals surface area contributed by atoms with Crippen LogP contribution in [0.1, 0.15) is 19.8 Å². The van der Waals surface area contributed by atoms with Crippen LogP contribution in [0.3, 0.4) is 0 Å². The van der Waals surface area contributed by atoms with E-state index >= 15 is 0 Å². The van der Waals surface area contributed by atoms with E-state index in [2.05, 4.69) is 6.92 Å². The maximum absolute atomic E-state index is 11.7. The first-order valence-corrected chi connectivity index (χ1v) is 8.97. The molecule has 8 nitrogen and oxygen atoms in total. The molecular formula is C20H23NO7. The Labute approximate surface area is 163 Å². The number of hydrogen-bond acceptors (Lipinski definition) is 7. The summed E-state index contributed by atoms with van der Waals surface area (Å²) < 4.78 is 21.4. The molecule has 2 rings (SSSR count). The van der Waals surface area contributed by atoms with E-state index in [9.17, 15) is 14.9 Å². The molecule has 0 saturated carbocycles. The highest BCUT2D eigenvalue weighted by Crippen LogP contribution is 2.20. The van der Waals surface area contributed by atoms with E-state index in [1.807, 2.05) is 6.07 Å². The normalized spacial score (nSPS) is 10.2. The molecule has 0 aliphatic rings. The minimum Gasteiger partial charge on any atom is -0.493 e. The predicted molar refractivity (Wildman–Crippen MR) is 102 cm³/mol. The van der Waals surface area contributed by atoms with E-state index in [1.165, 1.54) is 24.3 Å². The van der Waals surface area contributed by atoms with Gasteiger partial charge in [0.15, 0.2) is 6.61 Å². The molecule has 0 radical (unpaired) electrons. The van der Waals surface area contributed by atoms with Gasteiger partial charge in [-0.1, -0.05) is 19.4 Å². The van der Waals surface area contributed by atoms with Gasteiger partial charge in [0.25, 0.3) is 5.69 Å². The Kier molecular flexibility index (Phi) is 8.58. The van der Waals surface area contributed by atoms with Crippen LogP contribution in [0, 0.1) is 10.1 Å². The van der Waals surface area contributed by atoms with E-state index in [0.29, 0.717) is 23.9 Å². The maximum Gasteiger partial charge on any atom is 0.344 e. The topological polar surface area (TPSA) is 97.1 Å². The molecule has 0 fully saturated rings. The van der Waals surface area contributed by atoms with Crippen molar-refractivity contribution in [3.8, 4) is 17.2 Å². The van der Waals surface area contributed by atoms with Gasteiger partial charge in [-0.25, -0.2) is 4.79 Å². The number of nitrogens with zero attached hydrogens (tertiary/aromatic N) is 1. The summed E-state index contributed by atoms with van der Waals surface area (Å²) in [5.41, 5.74) is -0.0178. The second-order valence-electron chi connectivity index (χ2n) is 5.79. The molecule has 28 heavy (non-hydrogen) atoms. The molecule has 0 N–H and O–H groups in total. The van der Waals surface area contributed by atoms with Crippen LogP contribution in [0.15, 0.2) is 48.5 Å². The van der Waals surface area contributed by atoms with Gasteiger partial charge >= 0.3 is 5.97 Å². The lowest BCUT2D eigenvalue weighted by molar-refractivity contribution is -0.384. The molecule has 8 heteroatoms. The number of unbranched alkanes of at least 4 members (excludes halogenated alkanes) is 1. The van der Waals surface area contributed by atoms with E-state index in [-0.39, 0.29) is 25.5 Å². The van der Waals surface area contributed by atoms with Gasteiger partial charge in [0, 0.05) is 18.2 Å². The smallest absolute Gasteiger partial charge is 0.344 e. The minimum absolute atomic E-state index is 0.0178. The molecule has 0 bridgehead atoms. The Morgan fingerprint density at radius 3 is 2.29 bits per heavy atom. The lowest BCUT2D eigenvalue weighted by Gasteiger charge is -2.10. The van der Waals surface area contributed by atoms with Crippen LogP contribution in [-0.2, 0) is 9.53 Å². The number of hydrogen-bond donors (Lipinski definition) is 0. The standard InChI is InChI=1S/C20H23NO7/c1-2-3-11-25-18-5-4-6-19(14-18)28-15-20(22)27-13-12-26-17-9-7-16(8-10-17)21(23)24/h4-10,14H,2-3,11-13,15H2,1H3. The van der Waals surface area contributed by atoms with Crippen LogP contribution >= 0.6 is 0 Å². The number of non-ortho nitro benzene ring substituents is 1. The van der Waals surface area contributed by atoms with Crippen LogP contribution in [0.2, 0.25) is 0 Å². The summed E-state index contributed by atoms with van der Waals surface area (Å²) in [5, 5.41) is 10.6. The quantitative estimate of drug-likeness (QED) is 0.236.